The molecule has 1 aromatic rings. The van der Waals surface area contributed by atoms with Crippen LogP contribution in [-0.4, -0.2) is 18.0 Å². The minimum atomic E-state index is -1.35. The molecule has 1 aromatic carbocycles. The number of methoxy groups -OCH3 is 1. The van der Waals surface area contributed by atoms with Gasteiger partial charge in [0, 0.05) is 10.3 Å². The van der Waals surface area contributed by atoms with Crippen LogP contribution in [0.15, 0.2) is 40.3 Å². The highest BCUT2D eigenvalue weighted by atomic mass is 32.2. The number of rotatable bonds is 4. The molecular formula is C11H13FO2S. The number of ether oxygens (including phenoxy) is 1. The van der Waals surface area contributed by atoms with E-state index in [2.05, 4.69) is 0 Å². The molecule has 0 aliphatic heterocycles. The van der Waals surface area contributed by atoms with Gasteiger partial charge in [-0.05, 0) is 19.1 Å². The molecule has 0 heterocycles. The van der Waals surface area contributed by atoms with E-state index in [0.29, 0.717) is 4.90 Å². The Bertz CT molecular complexity index is 365. The van der Waals surface area contributed by atoms with Gasteiger partial charge in [0.15, 0.2) is 0 Å². The van der Waals surface area contributed by atoms with Crippen LogP contribution in [0, 0.1) is 6.92 Å². The Hall–Kier alpha value is -1.16. The van der Waals surface area contributed by atoms with E-state index in [1.54, 1.807) is 12.1 Å². The number of hydrogen-bond acceptors (Lipinski definition) is 2. The summed E-state index contributed by atoms with van der Waals surface area (Å²) in [5.74, 6) is 0.0916. The van der Waals surface area contributed by atoms with Crippen LogP contribution in [-0.2, 0) is 15.5 Å². The third kappa shape index (κ3) is 3.47. The molecule has 0 fully saturated rings. The lowest BCUT2D eigenvalue weighted by molar-refractivity contribution is 0.257. The second-order valence-electron chi connectivity index (χ2n) is 3.03. The molecule has 0 aliphatic rings. The van der Waals surface area contributed by atoms with Crippen molar-refractivity contribution in [3.63, 3.8) is 0 Å². The fourth-order valence-electron chi connectivity index (χ4n) is 0.994. The van der Waals surface area contributed by atoms with Gasteiger partial charge in [-0.25, -0.2) is 8.60 Å². The average Bonchev–Trinajstić information content (AvgIpc) is 2.26. The molecule has 0 radical (unpaired) electrons. The van der Waals surface area contributed by atoms with Crippen LogP contribution in [0.3, 0.4) is 0 Å². The van der Waals surface area contributed by atoms with Crippen molar-refractivity contribution < 1.29 is 13.3 Å². The molecule has 4 heteroatoms. The highest BCUT2D eigenvalue weighted by molar-refractivity contribution is 7.88. The van der Waals surface area contributed by atoms with Crippen molar-refractivity contribution >= 4 is 10.8 Å². The standard InChI is InChI=1S/C11H13FO2S/c1-9-3-5-11(6-4-9)15(13)8-10(7-12)14-2/h3-6,8H,7H2,1-2H3/b10-8-/t15-/m1/s1. The first-order chi connectivity index (χ1) is 7.17. The summed E-state index contributed by atoms with van der Waals surface area (Å²) in [4.78, 5) is 0.642. The van der Waals surface area contributed by atoms with Gasteiger partial charge in [0.05, 0.1) is 17.9 Å². The first kappa shape index (κ1) is 11.9. The molecule has 0 N–H and O–H groups in total. The van der Waals surface area contributed by atoms with E-state index in [1.165, 1.54) is 12.5 Å². The Labute approximate surface area is 91.2 Å². The fourth-order valence-corrected chi connectivity index (χ4v) is 1.93. The van der Waals surface area contributed by atoms with Gasteiger partial charge in [-0.2, -0.15) is 0 Å². The molecule has 1 atom stereocenters. The summed E-state index contributed by atoms with van der Waals surface area (Å²) in [6, 6.07) is 7.24. The van der Waals surface area contributed by atoms with Crippen LogP contribution in [0.1, 0.15) is 5.56 Å². The van der Waals surface area contributed by atoms with Gasteiger partial charge in [0.2, 0.25) is 0 Å². The van der Waals surface area contributed by atoms with Crippen LogP contribution in [0.4, 0.5) is 4.39 Å². The SMILES string of the molecule is CO/C(=C\[S@@](=O)c1ccc(C)cc1)CF. The van der Waals surface area contributed by atoms with Gasteiger partial charge in [-0.15, -0.1) is 0 Å². The number of aryl methyl sites for hydroxylation is 1. The van der Waals surface area contributed by atoms with Gasteiger partial charge in [0.25, 0.3) is 0 Å². The molecule has 0 saturated carbocycles. The van der Waals surface area contributed by atoms with Crippen molar-refractivity contribution in [3.8, 4) is 0 Å². The molecular weight excluding hydrogens is 215 g/mol. The molecule has 82 valence electrons. The molecule has 0 unspecified atom stereocenters. The van der Waals surface area contributed by atoms with Crippen molar-refractivity contribution in [1.29, 1.82) is 0 Å². The van der Waals surface area contributed by atoms with E-state index in [-0.39, 0.29) is 5.76 Å². The maximum atomic E-state index is 12.3. The molecule has 0 spiro atoms. The Morgan fingerprint density at radius 2 is 2.07 bits per heavy atom. The summed E-state index contributed by atoms with van der Waals surface area (Å²) >= 11 is 0. The van der Waals surface area contributed by atoms with E-state index in [9.17, 15) is 8.60 Å². The van der Waals surface area contributed by atoms with Crippen molar-refractivity contribution in [2.45, 2.75) is 11.8 Å². The Morgan fingerprint density at radius 1 is 1.47 bits per heavy atom. The van der Waals surface area contributed by atoms with Crippen LogP contribution < -0.4 is 0 Å². The quantitative estimate of drug-likeness (QED) is 0.740. The smallest absolute Gasteiger partial charge is 0.147 e. The van der Waals surface area contributed by atoms with Crippen molar-refractivity contribution in [1.82, 2.24) is 0 Å². The van der Waals surface area contributed by atoms with E-state index >= 15 is 0 Å². The number of allylic oxidation sites excluding steroid dienone is 1. The molecule has 0 aromatic heterocycles. The van der Waals surface area contributed by atoms with E-state index in [1.807, 2.05) is 19.1 Å². The molecule has 2 nitrogen and oxygen atoms in total. The first-order valence-corrected chi connectivity index (χ1v) is 5.66. The normalized spacial score (nSPS) is 13.7. The third-order valence-corrected chi connectivity index (χ3v) is 3.10. The summed E-state index contributed by atoms with van der Waals surface area (Å²) in [6.07, 6.45) is 0. The summed E-state index contributed by atoms with van der Waals surface area (Å²) in [5, 5.41) is 1.28. The predicted octanol–water partition coefficient (Wildman–Crippen LogP) is 2.56. The van der Waals surface area contributed by atoms with E-state index in [4.69, 9.17) is 4.74 Å². The monoisotopic (exact) mass is 228 g/mol. The minimum absolute atomic E-state index is 0.0916. The van der Waals surface area contributed by atoms with Gasteiger partial charge in [-0.1, -0.05) is 17.7 Å². The van der Waals surface area contributed by atoms with Gasteiger partial charge in [-0.3, -0.25) is 0 Å². The molecule has 1 rings (SSSR count). The lowest BCUT2D eigenvalue weighted by Crippen LogP contribution is -1.94. The highest BCUT2D eigenvalue weighted by Crippen LogP contribution is 2.11. The van der Waals surface area contributed by atoms with Crippen LogP contribution in [0.5, 0.6) is 0 Å². The highest BCUT2D eigenvalue weighted by Gasteiger charge is 2.03. The van der Waals surface area contributed by atoms with E-state index < -0.39 is 17.5 Å². The maximum Gasteiger partial charge on any atom is 0.147 e. The van der Waals surface area contributed by atoms with E-state index in [0.717, 1.165) is 5.56 Å². The second kappa shape index (κ2) is 5.66. The van der Waals surface area contributed by atoms with Crippen molar-refractivity contribution in [2.75, 3.05) is 13.8 Å². The predicted molar refractivity (Wildman–Crippen MR) is 58.7 cm³/mol. The summed E-state index contributed by atoms with van der Waals surface area (Å²) in [5.41, 5.74) is 1.09. The second-order valence-corrected chi connectivity index (χ2v) is 4.33. The maximum absolute atomic E-state index is 12.3. The summed E-state index contributed by atoms with van der Waals surface area (Å²) < 4.78 is 28.7. The van der Waals surface area contributed by atoms with Crippen LogP contribution >= 0.6 is 0 Å². The molecule has 15 heavy (non-hydrogen) atoms. The largest absolute Gasteiger partial charge is 0.498 e. The van der Waals surface area contributed by atoms with Crippen LogP contribution in [0.2, 0.25) is 0 Å². The number of hydrogen-bond donors (Lipinski definition) is 0. The molecule has 0 aliphatic carbocycles. The lowest BCUT2D eigenvalue weighted by atomic mass is 10.2. The topological polar surface area (TPSA) is 26.3 Å². The average molecular weight is 228 g/mol. The minimum Gasteiger partial charge on any atom is -0.498 e. The van der Waals surface area contributed by atoms with Gasteiger partial charge >= 0.3 is 0 Å². The summed E-state index contributed by atoms with van der Waals surface area (Å²) in [6.45, 7) is 1.21. The number of benzene rings is 1. The third-order valence-electron chi connectivity index (χ3n) is 1.89. The van der Waals surface area contributed by atoms with Crippen LogP contribution in [0.25, 0.3) is 0 Å². The fraction of sp³-hybridized carbons (Fsp3) is 0.273. The zero-order valence-corrected chi connectivity index (χ0v) is 9.51. The Morgan fingerprint density at radius 3 is 2.53 bits per heavy atom. The summed E-state index contributed by atoms with van der Waals surface area (Å²) in [7, 11) is 0.0103. The first-order valence-electron chi connectivity index (χ1n) is 4.45. The number of halogens is 1. The van der Waals surface area contributed by atoms with Gasteiger partial charge in [0.1, 0.15) is 12.4 Å². The lowest BCUT2D eigenvalue weighted by Gasteiger charge is -2.01. The Balaban J connectivity index is 2.85. The zero-order chi connectivity index (χ0) is 11.3. The zero-order valence-electron chi connectivity index (χ0n) is 8.70. The molecule has 0 amide bonds. The molecule has 0 bridgehead atoms. The van der Waals surface area contributed by atoms with Gasteiger partial charge < -0.3 is 4.74 Å². The van der Waals surface area contributed by atoms with Crippen molar-refractivity contribution in [2.24, 2.45) is 0 Å². The number of alkyl halides is 1. The molecule has 0 saturated heterocycles. The Kier molecular flexibility index (Phi) is 4.49. The van der Waals surface area contributed by atoms with Crippen molar-refractivity contribution in [3.05, 3.63) is 41.0 Å².